The second-order valence-electron chi connectivity index (χ2n) is 4.46. The molecule has 104 valence electrons. The molecular formula is C13H13N3O2S2. The highest BCUT2D eigenvalue weighted by Crippen LogP contribution is 2.22. The number of nitrogens with one attached hydrogen (secondary N) is 1. The van der Waals surface area contributed by atoms with Crippen LogP contribution in [0.15, 0.2) is 39.5 Å². The average molecular weight is 307 g/mol. The summed E-state index contributed by atoms with van der Waals surface area (Å²) >= 11 is 1.60. The van der Waals surface area contributed by atoms with Crippen LogP contribution in [-0.2, 0) is 16.4 Å². The minimum absolute atomic E-state index is 0.295. The van der Waals surface area contributed by atoms with E-state index in [2.05, 4.69) is 14.7 Å². The number of hydrogen-bond donors (Lipinski definition) is 1. The van der Waals surface area contributed by atoms with Gasteiger partial charge in [-0.3, -0.25) is 9.71 Å². The fourth-order valence-corrected chi connectivity index (χ4v) is 4.05. The van der Waals surface area contributed by atoms with Gasteiger partial charge in [0.1, 0.15) is 5.84 Å². The number of thiazole rings is 1. The first-order valence-electron chi connectivity index (χ1n) is 6.14. The zero-order chi connectivity index (χ0) is 14.2. The molecular weight excluding hydrogens is 294 g/mol. The number of amidine groups is 1. The van der Waals surface area contributed by atoms with Gasteiger partial charge in [0.15, 0.2) is 0 Å². The van der Waals surface area contributed by atoms with E-state index in [-0.39, 0.29) is 0 Å². The van der Waals surface area contributed by atoms with Crippen molar-refractivity contribution in [3.63, 3.8) is 0 Å². The van der Waals surface area contributed by atoms with Crippen LogP contribution >= 0.6 is 11.3 Å². The third-order valence-electron chi connectivity index (χ3n) is 2.92. The minimum atomic E-state index is -3.44. The average Bonchev–Trinajstić information content (AvgIpc) is 2.93. The van der Waals surface area contributed by atoms with Gasteiger partial charge >= 0.3 is 0 Å². The highest BCUT2D eigenvalue weighted by Gasteiger charge is 2.29. The Balaban J connectivity index is 1.80. The van der Waals surface area contributed by atoms with Gasteiger partial charge < -0.3 is 0 Å². The van der Waals surface area contributed by atoms with E-state index in [1.165, 1.54) is 0 Å². The van der Waals surface area contributed by atoms with Gasteiger partial charge in [-0.25, -0.2) is 13.4 Å². The number of sulfonamides is 1. The fourth-order valence-electron chi connectivity index (χ4n) is 2.03. The Hall–Kier alpha value is -1.73. The predicted octanol–water partition coefficient (Wildman–Crippen LogP) is 1.73. The van der Waals surface area contributed by atoms with Gasteiger partial charge in [0.25, 0.3) is 10.0 Å². The van der Waals surface area contributed by atoms with Crippen LogP contribution in [0.25, 0.3) is 0 Å². The van der Waals surface area contributed by atoms with E-state index in [0.29, 0.717) is 29.3 Å². The first-order valence-corrected chi connectivity index (χ1v) is 8.50. The molecule has 2 heterocycles. The summed E-state index contributed by atoms with van der Waals surface area (Å²) in [5, 5.41) is 3.01. The standard InChI is InChI=1S/C13H13N3O2S2/c1-9-8-19-12(15-9)6-7-14-13-10-4-2-3-5-11(10)20(17,18)16-13/h2-5,8H,6-7H2,1H3,(H,14,16). The van der Waals surface area contributed by atoms with Crippen molar-refractivity contribution in [2.75, 3.05) is 6.54 Å². The van der Waals surface area contributed by atoms with E-state index in [1.54, 1.807) is 35.6 Å². The lowest BCUT2D eigenvalue weighted by molar-refractivity contribution is 0.595. The van der Waals surface area contributed by atoms with Gasteiger partial charge in [0.05, 0.1) is 9.90 Å². The van der Waals surface area contributed by atoms with Crippen LogP contribution in [0.5, 0.6) is 0 Å². The molecule has 5 nitrogen and oxygen atoms in total. The van der Waals surface area contributed by atoms with Gasteiger partial charge in [0.2, 0.25) is 0 Å². The SMILES string of the molecule is Cc1csc(CCN=C2NS(=O)(=O)c3ccccc32)n1. The largest absolute Gasteiger partial charge is 0.267 e. The Kier molecular flexibility index (Phi) is 3.31. The molecule has 0 aliphatic carbocycles. The maximum atomic E-state index is 11.9. The molecule has 0 atom stereocenters. The van der Waals surface area contributed by atoms with Gasteiger partial charge in [-0.2, -0.15) is 0 Å². The monoisotopic (exact) mass is 307 g/mol. The van der Waals surface area contributed by atoms with Crippen molar-refractivity contribution in [3.8, 4) is 0 Å². The third-order valence-corrected chi connectivity index (χ3v) is 5.35. The smallest absolute Gasteiger partial charge is 0.263 e. The summed E-state index contributed by atoms with van der Waals surface area (Å²) in [6, 6.07) is 6.87. The van der Waals surface area contributed by atoms with E-state index < -0.39 is 10.0 Å². The maximum absolute atomic E-state index is 11.9. The molecule has 1 aliphatic heterocycles. The Morgan fingerprint density at radius 3 is 2.90 bits per heavy atom. The summed E-state index contributed by atoms with van der Waals surface area (Å²) in [6.07, 6.45) is 0.714. The van der Waals surface area contributed by atoms with Crippen molar-refractivity contribution < 1.29 is 8.42 Å². The number of aromatic nitrogens is 1. The van der Waals surface area contributed by atoms with Crippen LogP contribution in [0.3, 0.4) is 0 Å². The second kappa shape index (κ2) is 4.99. The molecule has 0 spiro atoms. The van der Waals surface area contributed by atoms with Gasteiger partial charge in [-0.1, -0.05) is 12.1 Å². The Labute approximate surface area is 121 Å². The van der Waals surface area contributed by atoms with Crippen LogP contribution in [0.2, 0.25) is 0 Å². The molecule has 0 saturated heterocycles. The number of hydrogen-bond acceptors (Lipinski definition) is 5. The summed E-state index contributed by atoms with van der Waals surface area (Å²) in [5.41, 5.74) is 1.65. The van der Waals surface area contributed by atoms with Crippen molar-refractivity contribution in [2.24, 2.45) is 4.99 Å². The molecule has 1 aromatic carbocycles. The zero-order valence-electron chi connectivity index (χ0n) is 10.8. The molecule has 0 radical (unpaired) electrons. The van der Waals surface area contributed by atoms with E-state index >= 15 is 0 Å². The Morgan fingerprint density at radius 1 is 1.35 bits per heavy atom. The molecule has 0 saturated carbocycles. The van der Waals surface area contributed by atoms with Crippen molar-refractivity contribution >= 4 is 27.2 Å². The zero-order valence-corrected chi connectivity index (χ0v) is 12.5. The van der Waals surface area contributed by atoms with E-state index in [1.807, 2.05) is 12.3 Å². The summed E-state index contributed by atoms with van der Waals surface area (Å²) in [7, 11) is -3.44. The first kappa shape index (κ1) is 13.3. The van der Waals surface area contributed by atoms with Crippen molar-refractivity contribution in [3.05, 3.63) is 45.9 Å². The van der Waals surface area contributed by atoms with Gasteiger partial charge in [-0.15, -0.1) is 11.3 Å². The summed E-state index contributed by atoms with van der Waals surface area (Å²) in [5.74, 6) is 0.425. The van der Waals surface area contributed by atoms with E-state index in [4.69, 9.17) is 0 Å². The number of fused-ring (bicyclic) bond motifs is 1. The molecule has 7 heteroatoms. The molecule has 0 bridgehead atoms. The highest BCUT2D eigenvalue weighted by molar-refractivity contribution is 7.90. The Morgan fingerprint density at radius 2 is 2.15 bits per heavy atom. The first-order chi connectivity index (χ1) is 9.56. The van der Waals surface area contributed by atoms with Crippen LogP contribution in [0.1, 0.15) is 16.3 Å². The third kappa shape index (κ3) is 2.46. The summed E-state index contributed by atoms with van der Waals surface area (Å²) < 4.78 is 26.3. The molecule has 0 fully saturated rings. The fraction of sp³-hybridized carbons (Fsp3) is 0.231. The molecule has 0 amide bonds. The van der Waals surface area contributed by atoms with Crippen LogP contribution < -0.4 is 4.72 Å². The molecule has 1 aromatic heterocycles. The number of aliphatic imine (C=N–C) groups is 1. The van der Waals surface area contributed by atoms with Crippen molar-refractivity contribution in [2.45, 2.75) is 18.2 Å². The second-order valence-corrected chi connectivity index (χ2v) is 7.06. The number of aryl methyl sites for hydroxylation is 1. The molecule has 20 heavy (non-hydrogen) atoms. The van der Waals surface area contributed by atoms with Crippen molar-refractivity contribution in [1.82, 2.24) is 9.71 Å². The maximum Gasteiger partial charge on any atom is 0.263 e. The summed E-state index contributed by atoms with van der Waals surface area (Å²) in [6.45, 7) is 2.46. The lowest BCUT2D eigenvalue weighted by atomic mass is 10.2. The normalized spacial score (nSPS) is 17.9. The summed E-state index contributed by atoms with van der Waals surface area (Å²) in [4.78, 5) is 9.01. The van der Waals surface area contributed by atoms with Gasteiger partial charge in [-0.05, 0) is 19.1 Å². The number of benzene rings is 1. The molecule has 1 aliphatic rings. The number of nitrogens with zero attached hydrogens (tertiary/aromatic N) is 2. The topological polar surface area (TPSA) is 71.4 Å². The van der Waals surface area contributed by atoms with E-state index in [0.717, 1.165) is 10.7 Å². The highest BCUT2D eigenvalue weighted by atomic mass is 32.2. The van der Waals surface area contributed by atoms with Crippen molar-refractivity contribution in [1.29, 1.82) is 0 Å². The van der Waals surface area contributed by atoms with E-state index in [9.17, 15) is 8.42 Å². The van der Waals surface area contributed by atoms with Crippen LogP contribution in [0, 0.1) is 6.92 Å². The van der Waals surface area contributed by atoms with Crippen LogP contribution in [-0.4, -0.2) is 25.8 Å². The molecule has 0 unspecified atom stereocenters. The van der Waals surface area contributed by atoms with Gasteiger partial charge in [0, 0.05) is 29.6 Å². The van der Waals surface area contributed by atoms with Crippen LogP contribution in [0.4, 0.5) is 0 Å². The predicted molar refractivity (Wildman–Crippen MR) is 78.7 cm³/mol. The Bertz CT molecular complexity index is 778. The number of rotatable bonds is 3. The molecule has 3 rings (SSSR count). The lowest BCUT2D eigenvalue weighted by Gasteiger charge is -1.98. The lowest BCUT2D eigenvalue weighted by Crippen LogP contribution is -2.22. The quantitative estimate of drug-likeness (QED) is 0.938. The minimum Gasteiger partial charge on any atom is -0.267 e. The molecule has 2 aromatic rings. The molecule has 1 N–H and O–H groups in total.